The lowest BCUT2D eigenvalue weighted by molar-refractivity contribution is 0.131. The number of ether oxygens (including phenoxy) is 2. The maximum absolute atomic E-state index is 11.0. The van der Waals surface area contributed by atoms with Crippen molar-refractivity contribution in [1.82, 2.24) is 10.6 Å². The Kier molecular flexibility index (Phi) is 6.82. The van der Waals surface area contributed by atoms with Crippen molar-refractivity contribution >= 4 is 12.2 Å². The molecule has 0 radical (unpaired) electrons. The highest BCUT2D eigenvalue weighted by Crippen LogP contribution is 2.23. The molecule has 1 saturated carbocycles. The molecule has 6 heteroatoms. The van der Waals surface area contributed by atoms with Gasteiger partial charge in [0.1, 0.15) is 6.10 Å². The summed E-state index contributed by atoms with van der Waals surface area (Å²) in [4.78, 5) is 21.5. The van der Waals surface area contributed by atoms with Gasteiger partial charge in [-0.1, -0.05) is 0 Å². The standard InChI is InChI=1S/C8H15NO2.C6H13NO2/c1-8(2,3)9-7(10)11-6-4-5-6;1-6(2,3)7-5(8)9-4/h6H,4-5H2,1-3H3,(H,9,10);1-4H3,(H,7,8). The number of amides is 2. The van der Waals surface area contributed by atoms with E-state index < -0.39 is 0 Å². The number of methoxy groups -OCH3 is 1. The van der Waals surface area contributed by atoms with Crippen molar-refractivity contribution in [1.29, 1.82) is 0 Å². The SMILES string of the molecule is CC(C)(C)NC(=O)OC1CC1.COC(=O)NC(C)(C)C. The number of hydrogen-bond acceptors (Lipinski definition) is 4. The lowest BCUT2D eigenvalue weighted by Gasteiger charge is -2.19. The molecule has 0 saturated heterocycles. The highest BCUT2D eigenvalue weighted by molar-refractivity contribution is 5.68. The lowest BCUT2D eigenvalue weighted by Crippen LogP contribution is -2.41. The zero-order valence-corrected chi connectivity index (χ0v) is 13.6. The molecule has 2 amide bonds. The number of carbonyl (C=O) groups is 2. The number of hydrogen-bond donors (Lipinski definition) is 2. The molecule has 0 spiro atoms. The van der Waals surface area contributed by atoms with E-state index in [4.69, 9.17) is 4.74 Å². The molecular weight excluding hydrogens is 260 g/mol. The first kappa shape index (κ1) is 18.5. The Labute approximate surface area is 121 Å². The summed E-state index contributed by atoms with van der Waals surface area (Å²) in [5, 5.41) is 5.34. The molecule has 20 heavy (non-hydrogen) atoms. The van der Waals surface area contributed by atoms with Crippen LogP contribution in [0.2, 0.25) is 0 Å². The fourth-order valence-electron chi connectivity index (χ4n) is 1.03. The van der Waals surface area contributed by atoms with Crippen LogP contribution in [0.3, 0.4) is 0 Å². The van der Waals surface area contributed by atoms with Crippen molar-refractivity contribution in [3.05, 3.63) is 0 Å². The Balaban J connectivity index is 0.000000370. The highest BCUT2D eigenvalue weighted by Gasteiger charge is 2.27. The Hall–Kier alpha value is -1.46. The van der Waals surface area contributed by atoms with Crippen LogP contribution < -0.4 is 10.6 Å². The molecular formula is C14H28N2O4. The predicted molar refractivity (Wildman–Crippen MR) is 77.7 cm³/mol. The zero-order chi connectivity index (χ0) is 16.0. The van der Waals surface area contributed by atoms with Gasteiger partial charge in [0, 0.05) is 11.1 Å². The van der Waals surface area contributed by atoms with E-state index in [9.17, 15) is 9.59 Å². The normalized spacial score (nSPS) is 14.6. The summed E-state index contributed by atoms with van der Waals surface area (Å²) in [6, 6.07) is 0. The minimum atomic E-state index is -0.387. The molecule has 0 bridgehead atoms. The van der Waals surface area contributed by atoms with Crippen LogP contribution in [-0.4, -0.2) is 36.5 Å². The third kappa shape index (κ3) is 13.0. The molecule has 0 unspecified atom stereocenters. The van der Waals surface area contributed by atoms with E-state index in [2.05, 4.69) is 15.4 Å². The first-order valence-electron chi connectivity index (χ1n) is 6.78. The monoisotopic (exact) mass is 288 g/mol. The van der Waals surface area contributed by atoms with Gasteiger partial charge >= 0.3 is 12.2 Å². The maximum atomic E-state index is 11.0. The second kappa shape index (κ2) is 7.36. The molecule has 118 valence electrons. The fourth-order valence-corrected chi connectivity index (χ4v) is 1.03. The zero-order valence-electron chi connectivity index (χ0n) is 13.6. The van der Waals surface area contributed by atoms with Gasteiger partial charge in [-0.05, 0) is 54.4 Å². The Morgan fingerprint density at radius 1 is 0.900 bits per heavy atom. The second-order valence-electron chi connectivity index (χ2n) is 6.85. The third-order valence-electron chi connectivity index (χ3n) is 1.94. The van der Waals surface area contributed by atoms with E-state index in [-0.39, 0.29) is 29.4 Å². The molecule has 1 fully saturated rings. The summed E-state index contributed by atoms with van der Waals surface area (Å²) >= 11 is 0. The van der Waals surface area contributed by atoms with Gasteiger partial charge in [0.05, 0.1) is 7.11 Å². The van der Waals surface area contributed by atoms with Gasteiger partial charge in [0.2, 0.25) is 0 Å². The number of nitrogens with one attached hydrogen (secondary N) is 2. The Bertz CT molecular complexity index is 325. The molecule has 6 nitrogen and oxygen atoms in total. The Morgan fingerprint density at radius 2 is 1.30 bits per heavy atom. The van der Waals surface area contributed by atoms with Crippen LogP contribution >= 0.6 is 0 Å². The molecule has 0 heterocycles. The molecule has 0 aromatic carbocycles. The van der Waals surface area contributed by atoms with Gasteiger partial charge in [0.25, 0.3) is 0 Å². The second-order valence-corrected chi connectivity index (χ2v) is 6.85. The summed E-state index contributed by atoms with van der Waals surface area (Å²) in [5.41, 5.74) is -0.390. The number of carbonyl (C=O) groups excluding carboxylic acids is 2. The van der Waals surface area contributed by atoms with Crippen LogP contribution in [0.5, 0.6) is 0 Å². The van der Waals surface area contributed by atoms with E-state index in [0.29, 0.717) is 0 Å². The average molecular weight is 288 g/mol. The van der Waals surface area contributed by atoms with Crippen molar-refractivity contribution < 1.29 is 19.1 Å². The first-order valence-corrected chi connectivity index (χ1v) is 6.78. The average Bonchev–Trinajstić information content (AvgIpc) is 2.96. The van der Waals surface area contributed by atoms with Crippen molar-refractivity contribution in [2.24, 2.45) is 0 Å². The van der Waals surface area contributed by atoms with E-state index in [1.54, 1.807) is 0 Å². The van der Waals surface area contributed by atoms with Gasteiger partial charge in [-0.3, -0.25) is 0 Å². The van der Waals surface area contributed by atoms with Crippen LogP contribution in [0.1, 0.15) is 54.4 Å². The first-order chi connectivity index (χ1) is 8.93. The molecule has 0 aliphatic heterocycles. The van der Waals surface area contributed by atoms with Crippen molar-refractivity contribution in [2.45, 2.75) is 71.6 Å². The largest absolute Gasteiger partial charge is 0.453 e. The van der Waals surface area contributed by atoms with Crippen LogP contribution in [0, 0.1) is 0 Å². The minimum Gasteiger partial charge on any atom is -0.453 e. The molecule has 0 atom stereocenters. The van der Waals surface area contributed by atoms with Gasteiger partial charge in [-0.2, -0.15) is 0 Å². The smallest absolute Gasteiger partial charge is 0.407 e. The predicted octanol–water partition coefficient (Wildman–Crippen LogP) is 2.81. The summed E-state index contributed by atoms with van der Waals surface area (Å²) in [6.45, 7) is 11.5. The summed E-state index contributed by atoms with van der Waals surface area (Å²) < 4.78 is 9.36. The van der Waals surface area contributed by atoms with E-state index in [0.717, 1.165) is 12.8 Å². The molecule has 0 aromatic rings. The quantitative estimate of drug-likeness (QED) is 0.778. The number of alkyl carbamates (subject to hydrolysis) is 2. The molecule has 1 aliphatic carbocycles. The number of rotatable bonds is 1. The van der Waals surface area contributed by atoms with Gasteiger partial charge in [-0.25, -0.2) is 9.59 Å². The molecule has 2 N–H and O–H groups in total. The Morgan fingerprint density at radius 3 is 1.55 bits per heavy atom. The van der Waals surface area contributed by atoms with Crippen LogP contribution in [0.25, 0.3) is 0 Å². The van der Waals surface area contributed by atoms with Crippen LogP contribution in [0.15, 0.2) is 0 Å². The molecule has 1 rings (SSSR count). The van der Waals surface area contributed by atoms with Crippen molar-refractivity contribution in [2.75, 3.05) is 7.11 Å². The van der Waals surface area contributed by atoms with Crippen LogP contribution in [-0.2, 0) is 9.47 Å². The van der Waals surface area contributed by atoms with E-state index >= 15 is 0 Å². The van der Waals surface area contributed by atoms with Crippen LogP contribution in [0.4, 0.5) is 9.59 Å². The highest BCUT2D eigenvalue weighted by atomic mass is 16.6. The topological polar surface area (TPSA) is 76.7 Å². The third-order valence-corrected chi connectivity index (χ3v) is 1.94. The van der Waals surface area contributed by atoms with Gasteiger partial charge < -0.3 is 20.1 Å². The fraction of sp³-hybridized carbons (Fsp3) is 0.857. The summed E-state index contributed by atoms with van der Waals surface area (Å²) in [5.74, 6) is 0. The molecule has 0 aromatic heterocycles. The van der Waals surface area contributed by atoms with Crippen molar-refractivity contribution in [3.8, 4) is 0 Å². The summed E-state index contributed by atoms with van der Waals surface area (Å²) in [6.07, 6.45) is 1.56. The van der Waals surface area contributed by atoms with E-state index in [1.165, 1.54) is 7.11 Å². The van der Waals surface area contributed by atoms with Crippen molar-refractivity contribution in [3.63, 3.8) is 0 Å². The summed E-state index contributed by atoms with van der Waals surface area (Å²) in [7, 11) is 1.35. The van der Waals surface area contributed by atoms with Gasteiger partial charge in [-0.15, -0.1) is 0 Å². The minimum absolute atomic E-state index is 0.189. The van der Waals surface area contributed by atoms with Gasteiger partial charge in [0.15, 0.2) is 0 Å². The lowest BCUT2D eigenvalue weighted by atomic mass is 10.1. The maximum Gasteiger partial charge on any atom is 0.407 e. The molecule has 1 aliphatic rings. The van der Waals surface area contributed by atoms with E-state index in [1.807, 2.05) is 41.5 Å².